The lowest BCUT2D eigenvalue weighted by Gasteiger charge is -2.40. The predicted octanol–water partition coefficient (Wildman–Crippen LogP) is 4.85. The first-order chi connectivity index (χ1) is 36.9. The van der Waals surface area contributed by atoms with Gasteiger partial charge in [0, 0.05) is 102 Å². The van der Waals surface area contributed by atoms with Gasteiger partial charge >= 0.3 is 0 Å². The van der Waals surface area contributed by atoms with Gasteiger partial charge in [-0.3, -0.25) is 33.8 Å². The third-order valence-corrected chi connectivity index (χ3v) is 17.5. The van der Waals surface area contributed by atoms with Crippen LogP contribution < -0.4 is 21.3 Å². The van der Waals surface area contributed by atoms with E-state index in [1.54, 1.807) is 23.4 Å². The molecule has 5 amide bonds. The van der Waals surface area contributed by atoms with Crippen molar-refractivity contribution in [1.29, 1.82) is 0 Å². The van der Waals surface area contributed by atoms with E-state index in [0.717, 1.165) is 112 Å². The minimum absolute atomic E-state index is 0.0119. The molecule has 4 aromatic rings. The summed E-state index contributed by atoms with van der Waals surface area (Å²) in [6.07, 6.45) is 13.8. The minimum atomic E-state index is -1.02. The maximum atomic E-state index is 15.1. The Kier molecular flexibility index (Phi) is 17.2. The summed E-state index contributed by atoms with van der Waals surface area (Å²) in [4.78, 5) is 90.9. The number of benzene rings is 2. The van der Waals surface area contributed by atoms with Gasteiger partial charge in [-0.1, -0.05) is 49.1 Å². The van der Waals surface area contributed by atoms with Crippen molar-refractivity contribution in [1.82, 2.24) is 50.1 Å². The highest BCUT2D eigenvalue weighted by molar-refractivity contribution is 6.30. The Hall–Kier alpha value is -5.73. The van der Waals surface area contributed by atoms with Gasteiger partial charge in [-0.05, 0) is 105 Å². The van der Waals surface area contributed by atoms with Gasteiger partial charge in [-0.15, -0.1) is 0 Å². The average molecular weight is 1070 g/mol. The number of H-pyrrole nitrogens is 1. The number of hydrogen-bond donors (Lipinski definition) is 4. The molecule has 76 heavy (non-hydrogen) atoms. The number of anilines is 1. The van der Waals surface area contributed by atoms with Crippen molar-refractivity contribution < 1.29 is 33.1 Å². The molecule has 5 aliphatic heterocycles. The second-order valence-corrected chi connectivity index (χ2v) is 22.6. The van der Waals surface area contributed by atoms with Gasteiger partial charge in [-0.25, -0.2) is 14.4 Å². The Morgan fingerprint density at radius 1 is 0.816 bits per heavy atom. The summed E-state index contributed by atoms with van der Waals surface area (Å²) in [5.41, 5.74) is 8.33. The fourth-order valence-corrected chi connectivity index (χ4v) is 12.5. The molecule has 7 heterocycles. The van der Waals surface area contributed by atoms with Gasteiger partial charge in [0.05, 0.1) is 41.3 Å². The van der Waals surface area contributed by atoms with Gasteiger partial charge in [0.2, 0.25) is 24.1 Å². The number of piperidine rings is 3. The number of nitrogens with zero attached hydrogens (tertiary/aromatic N) is 8. The molecule has 2 unspecified atom stereocenters. The zero-order valence-corrected chi connectivity index (χ0v) is 44.3. The smallest absolute Gasteiger partial charge is 0.254 e. The van der Waals surface area contributed by atoms with Crippen molar-refractivity contribution in [3.63, 3.8) is 0 Å². The summed E-state index contributed by atoms with van der Waals surface area (Å²) in [6, 6.07) is 13.1. The molecule has 1 aliphatic carbocycles. The quantitative estimate of drug-likeness (QED) is 0.105. The van der Waals surface area contributed by atoms with Gasteiger partial charge in [0.1, 0.15) is 29.7 Å². The molecule has 2 aromatic heterocycles. The van der Waals surface area contributed by atoms with Gasteiger partial charge in [-0.2, -0.15) is 0 Å². The number of aromatic amines is 1. The molecule has 1 saturated carbocycles. The number of hydrogen-bond acceptors (Lipinski definition) is 12. The maximum absolute atomic E-state index is 15.1. The lowest BCUT2D eigenvalue weighted by Crippen LogP contribution is -2.60. The third kappa shape index (κ3) is 12.7. The summed E-state index contributed by atoms with van der Waals surface area (Å²) < 4.78 is 21.8. The van der Waals surface area contributed by atoms with Crippen LogP contribution in [-0.4, -0.2) is 185 Å². The van der Waals surface area contributed by atoms with Crippen LogP contribution in [0.5, 0.6) is 0 Å². The van der Waals surface area contributed by atoms with E-state index in [1.165, 1.54) is 6.07 Å². The molecule has 18 nitrogen and oxygen atoms in total. The van der Waals surface area contributed by atoms with Crippen molar-refractivity contribution in [2.24, 2.45) is 11.7 Å². The normalized spacial score (nSPS) is 21.5. The zero-order valence-electron chi connectivity index (χ0n) is 43.6. The highest BCUT2D eigenvalue weighted by Crippen LogP contribution is 2.33. The van der Waals surface area contributed by atoms with Crippen molar-refractivity contribution in [3.8, 4) is 0 Å². The molecule has 5 N–H and O–H groups in total. The molecule has 0 spiro atoms. The first kappa shape index (κ1) is 53.7. The summed E-state index contributed by atoms with van der Waals surface area (Å²) in [5.74, 6) is -0.452. The Morgan fingerprint density at radius 2 is 1.51 bits per heavy atom. The fourth-order valence-electron chi connectivity index (χ4n) is 12.3. The van der Waals surface area contributed by atoms with E-state index in [9.17, 15) is 24.0 Å². The van der Waals surface area contributed by atoms with Crippen LogP contribution in [0.15, 0.2) is 61.1 Å². The summed E-state index contributed by atoms with van der Waals surface area (Å²) >= 11 is 6.28. The average Bonchev–Trinajstić information content (AvgIpc) is 3.93. The molecule has 10 rings (SSSR count). The van der Waals surface area contributed by atoms with E-state index in [0.29, 0.717) is 96.0 Å². The molecular weight excluding hydrogens is 991 g/mol. The third-order valence-electron chi connectivity index (χ3n) is 17.2. The number of ether oxygens (including phenoxy) is 1. The van der Waals surface area contributed by atoms with Crippen LogP contribution in [-0.2, 0) is 23.9 Å². The van der Waals surface area contributed by atoms with Crippen LogP contribution in [0.25, 0.3) is 11.0 Å². The number of aromatic nitrogens is 3. The van der Waals surface area contributed by atoms with Crippen LogP contribution >= 0.6 is 11.6 Å². The molecule has 2 aromatic carbocycles. The Labute approximate surface area is 449 Å². The highest BCUT2D eigenvalue weighted by atomic mass is 35.5. The molecule has 6 aliphatic rings. The van der Waals surface area contributed by atoms with Gasteiger partial charge in [0.25, 0.3) is 5.91 Å². The van der Waals surface area contributed by atoms with Crippen LogP contribution in [0.1, 0.15) is 110 Å². The predicted molar refractivity (Wildman–Crippen MR) is 287 cm³/mol. The van der Waals surface area contributed by atoms with E-state index in [1.807, 2.05) is 46.3 Å². The van der Waals surface area contributed by atoms with Crippen LogP contribution in [0.4, 0.5) is 10.2 Å². The van der Waals surface area contributed by atoms with Gasteiger partial charge < -0.3 is 45.7 Å². The number of rotatable bonds is 17. The number of halogens is 2. The number of nitrogens with one attached hydrogen (secondary N) is 3. The standard InChI is InChI=1S/C56H74ClFN12O6/c57-42-9-6-38(7-10-42)48(63-55(75)56(59)18-26-69(27-19-56)52-45-12-20-60-51(45)61-36-62-52)17-23-65-28-30-68(31-29-65)49(72)35-66-21-13-43(14-22-66)76-44-15-24-70(25-16-44)54(74)50(39-4-2-1-3-5-39)64-53(73)46-32-40(8-11-47(46)58)41-33-67(34-41)37-71/h6-12,20,32,36-37,39,41,43-44,48,50H,1-5,13-19,21-31,33-35,59H2,(H,63,75)(H,64,73)(H,60,61,62). The number of fused-ring (bicyclic) bond motifs is 1. The molecule has 0 bridgehead atoms. The van der Waals surface area contributed by atoms with Crippen LogP contribution in [0, 0.1) is 11.7 Å². The summed E-state index contributed by atoms with van der Waals surface area (Å²) in [7, 11) is 0. The van der Waals surface area contributed by atoms with E-state index in [4.69, 9.17) is 22.1 Å². The van der Waals surface area contributed by atoms with E-state index in [-0.39, 0.29) is 53.4 Å². The molecule has 408 valence electrons. The second-order valence-electron chi connectivity index (χ2n) is 22.2. The molecule has 2 atom stereocenters. The Morgan fingerprint density at radius 3 is 2.21 bits per heavy atom. The Bertz CT molecular complexity index is 2650. The molecule has 6 fully saturated rings. The number of piperazine rings is 1. The van der Waals surface area contributed by atoms with Crippen LogP contribution in [0.3, 0.4) is 0 Å². The number of amides is 5. The second kappa shape index (κ2) is 24.3. The highest BCUT2D eigenvalue weighted by Gasteiger charge is 2.41. The van der Waals surface area contributed by atoms with Gasteiger partial charge in [0.15, 0.2) is 0 Å². The van der Waals surface area contributed by atoms with Crippen LogP contribution in [0.2, 0.25) is 5.02 Å². The SMILES string of the molecule is NC1(C(=O)NC(CCN2CCN(C(=O)CN3CCC(OC4CCN(C(=O)C(NC(=O)c5cc(C6CN(C=O)C6)ccc5F)C5CCCCC5)CC4)CC3)CC2)c2ccc(Cl)cc2)CCN(c2ncnc3[nH]ccc23)CC1. The number of carbonyl (C=O) groups is 5. The first-order valence-electron chi connectivity index (χ1n) is 27.7. The molecule has 20 heteroatoms. The van der Waals surface area contributed by atoms with E-state index in [2.05, 4.69) is 40.3 Å². The summed E-state index contributed by atoms with van der Waals surface area (Å²) in [5, 5.41) is 7.88. The van der Waals surface area contributed by atoms with E-state index >= 15 is 4.39 Å². The lowest BCUT2D eigenvalue weighted by molar-refractivity contribution is -0.140. The first-order valence-corrected chi connectivity index (χ1v) is 28.1. The fraction of sp³-hybridized carbons (Fsp3) is 0.589. The van der Waals surface area contributed by atoms with E-state index < -0.39 is 23.3 Å². The number of nitrogens with two attached hydrogens (primary N) is 1. The maximum Gasteiger partial charge on any atom is 0.254 e. The number of carbonyl (C=O) groups excluding carboxylic acids is 5. The molecule has 0 radical (unpaired) electrons. The van der Waals surface area contributed by atoms with Crippen molar-refractivity contribution in [2.75, 3.05) is 96.5 Å². The topological polar surface area (TPSA) is 206 Å². The minimum Gasteiger partial charge on any atom is -0.375 e. The molecule has 5 saturated heterocycles. The zero-order chi connectivity index (χ0) is 52.8. The lowest BCUT2D eigenvalue weighted by atomic mass is 9.83. The largest absolute Gasteiger partial charge is 0.375 e. The summed E-state index contributed by atoms with van der Waals surface area (Å²) in [6.45, 7) is 8.76. The van der Waals surface area contributed by atoms with Crippen molar-refractivity contribution in [3.05, 3.63) is 88.6 Å². The van der Waals surface area contributed by atoms with Crippen molar-refractivity contribution >= 4 is 58.5 Å². The number of likely N-dealkylation sites (tertiary alicyclic amines) is 3. The molecular formula is C56H74ClFN12O6. The van der Waals surface area contributed by atoms with Crippen molar-refractivity contribution in [2.45, 2.75) is 113 Å². The Balaban J connectivity index is 0.641. The monoisotopic (exact) mass is 1060 g/mol.